The third kappa shape index (κ3) is 3.66. The minimum absolute atomic E-state index is 0.335. The molecule has 0 amide bonds. The van der Waals surface area contributed by atoms with Crippen molar-refractivity contribution in [3.05, 3.63) is 83.7 Å². The first-order chi connectivity index (χ1) is 15.2. The van der Waals surface area contributed by atoms with E-state index in [9.17, 15) is 5.11 Å². The molecule has 0 aliphatic carbocycles. The number of hydrogen-bond donors (Lipinski definition) is 1. The molecule has 0 radical (unpaired) electrons. The van der Waals surface area contributed by atoms with Crippen LogP contribution >= 0.6 is 0 Å². The fraction of sp³-hybridized carbons (Fsp3) is 0.385. The van der Waals surface area contributed by atoms with Gasteiger partial charge in [-0.15, -0.1) is 0 Å². The van der Waals surface area contributed by atoms with Crippen LogP contribution in [0.4, 0.5) is 4.39 Å². The second-order valence-corrected chi connectivity index (χ2v) is 8.55. The first kappa shape index (κ1) is 20.6. The van der Waals surface area contributed by atoms with Crippen molar-refractivity contribution in [2.75, 3.05) is 19.7 Å². The van der Waals surface area contributed by atoms with Crippen LogP contribution in [-0.2, 0) is 15.5 Å². The SMILES string of the molecule is OC(c1cccc2ccccc12)(C(c1ccccc1F)C1CCOO1)N1CCCCC1. The van der Waals surface area contributed by atoms with Crippen molar-refractivity contribution in [2.24, 2.45) is 0 Å². The molecule has 1 N–H and O–H groups in total. The predicted octanol–water partition coefficient (Wildman–Crippen LogP) is 5.11. The van der Waals surface area contributed by atoms with E-state index < -0.39 is 17.7 Å². The number of likely N-dealkylation sites (tertiary alicyclic amines) is 1. The number of piperidine rings is 1. The number of rotatable bonds is 5. The van der Waals surface area contributed by atoms with Gasteiger partial charge in [0.1, 0.15) is 11.9 Å². The Balaban J connectivity index is 1.76. The minimum atomic E-state index is -1.44. The van der Waals surface area contributed by atoms with Crippen LogP contribution in [-0.4, -0.2) is 35.8 Å². The van der Waals surface area contributed by atoms with Crippen LogP contribution in [0.2, 0.25) is 0 Å². The monoisotopic (exact) mass is 421 g/mol. The van der Waals surface area contributed by atoms with Crippen LogP contribution in [0.5, 0.6) is 0 Å². The highest BCUT2D eigenvalue weighted by molar-refractivity contribution is 5.86. The molecular weight excluding hydrogens is 393 g/mol. The third-order valence-electron chi connectivity index (χ3n) is 6.75. The number of hydrogen-bond acceptors (Lipinski definition) is 4. The third-order valence-corrected chi connectivity index (χ3v) is 6.75. The van der Waals surface area contributed by atoms with E-state index in [1.165, 1.54) is 6.07 Å². The van der Waals surface area contributed by atoms with E-state index in [4.69, 9.17) is 9.78 Å². The number of nitrogens with zero attached hydrogens (tertiary/aromatic N) is 1. The van der Waals surface area contributed by atoms with Crippen molar-refractivity contribution in [2.45, 2.75) is 43.4 Å². The maximum atomic E-state index is 15.2. The maximum Gasteiger partial charge on any atom is 0.154 e. The molecule has 0 aromatic heterocycles. The lowest BCUT2D eigenvalue weighted by atomic mass is 9.76. The van der Waals surface area contributed by atoms with Crippen molar-refractivity contribution < 1.29 is 19.3 Å². The first-order valence-electron chi connectivity index (χ1n) is 11.2. The molecule has 0 saturated carbocycles. The molecule has 162 valence electrons. The van der Waals surface area contributed by atoms with Gasteiger partial charge in [-0.2, -0.15) is 0 Å². The molecule has 3 unspecified atom stereocenters. The zero-order valence-electron chi connectivity index (χ0n) is 17.5. The number of fused-ring (bicyclic) bond motifs is 1. The molecule has 31 heavy (non-hydrogen) atoms. The normalized spacial score (nSPS) is 23.0. The highest BCUT2D eigenvalue weighted by Crippen LogP contribution is 2.48. The molecule has 2 heterocycles. The Morgan fingerprint density at radius 2 is 1.68 bits per heavy atom. The average molecular weight is 422 g/mol. The van der Waals surface area contributed by atoms with Crippen LogP contribution < -0.4 is 0 Å². The number of benzene rings is 3. The molecule has 2 saturated heterocycles. The van der Waals surface area contributed by atoms with Crippen LogP contribution in [0.15, 0.2) is 66.7 Å². The van der Waals surface area contributed by atoms with Crippen molar-refractivity contribution in [3.8, 4) is 0 Å². The average Bonchev–Trinajstić information content (AvgIpc) is 3.35. The van der Waals surface area contributed by atoms with Crippen LogP contribution in [0.25, 0.3) is 10.8 Å². The molecule has 2 aliphatic rings. The lowest BCUT2D eigenvalue weighted by molar-refractivity contribution is -0.294. The Bertz CT molecular complexity index is 1040. The number of halogens is 1. The van der Waals surface area contributed by atoms with Gasteiger partial charge in [0.05, 0.1) is 12.5 Å². The van der Waals surface area contributed by atoms with Crippen molar-refractivity contribution in [3.63, 3.8) is 0 Å². The van der Waals surface area contributed by atoms with Gasteiger partial charge < -0.3 is 5.11 Å². The molecular formula is C26H28FNO3. The minimum Gasteiger partial charge on any atom is -0.371 e. The second kappa shape index (κ2) is 8.67. The summed E-state index contributed by atoms with van der Waals surface area (Å²) in [6, 6.07) is 20.8. The first-order valence-corrected chi connectivity index (χ1v) is 11.2. The summed E-state index contributed by atoms with van der Waals surface area (Å²) in [6.45, 7) is 1.93. The molecule has 5 rings (SSSR count). The Labute approximate surface area is 182 Å². The van der Waals surface area contributed by atoms with Crippen molar-refractivity contribution in [1.82, 2.24) is 4.90 Å². The summed E-state index contributed by atoms with van der Waals surface area (Å²) in [5.41, 5.74) is -0.197. The van der Waals surface area contributed by atoms with E-state index in [2.05, 4.69) is 4.90 Å². The molecule has 3 aromatic rings. The van der Waals surface area contributed by atoms with E-state index in [1.54, 1.807) is 12.1 Å². The molecule has 3 aromatic carbocycles. The van der Waals surface area contributed by atoms with Crippen molar-refractivity contribution >= 4 is 10.8 Å². The lowest BCUT2D eigenvalue weighted by Gasteiger charge is -2.48. The van der Waals surface area contributed by atoms with Crippen molar-refractivity contribution in [1.29, 1.82) is 0 Å². The largest absolute Gasteiger partial charge is 0.371 e. The van der Waals surface area contributed by atoms with Crippen LogP contribution in [0, 0.1) is 5.82 Å². The maximum absolute atomic E-state index is 15.2. The Kier molecular flexibility index (Phi) is 5.76. The Morgan fingerprint density at radius 3 is 2.45 bits per heavy atom. The zero-order chi connectivity index (χ0) is 21.3. The second-order valence-electron chi connectivity index (χ2n) is 8.55. The summed E-state index contributed by atoms with van der Waals surface area (Å²) in [6.07, 6.45) is 3.27. The van der Waals surface area contributed by atoms with Gasteiger partial charge in [-0.05, 0) is 35.2 Å². The Morgan fingerprint density at radius 1 is 0.935 bits per heavy atom. The fourth-order valence-electron chi connectivity index (χ4n) is 5.29. The molecule has 5 heteroatoms. The van der Waals surface area contributed by atoms with Gasteiger partial charge in [-0.25, -0.2) is 14.2 Å². The number of aliphatic hydroxyl groups is 1. The summed E-state index contributed by atoms with van der Waals surface area (Å²) < 4.78 is 15.2. The van der Waals surface area contributed by atoms with E-state index in [1.807, 2.05) is 48.5 Å². The van der Waals surface area contributed by atoms with Gasteiger partial charge in [0.2, 0.25) is 0 Å². The fourth-order valence-corrected chi connectivity index (χ4v) is 5.29. The topological polar surface area (TPSA) is 41.9 Å². The smallest absolute Gasteiger partial charge is 0.154 e. The molecule has 2 aliphatic heterocycles. The predicted molar refractivity (Wildman–Crippen MR) is 118 cm³/mol. The van der Waals surface area contributed by atoms with Gasteiger partial charge in [0.15, 0.2) is 5.72 Å². The quantitative estimate of drug-likeness (QED) is 0.581. The van der Waals surface area contributed by atoms with E-state index in [0.717, 1.165) is 48.7 Å². The van der Waals surface area contributed by atoms with Gasteiger partial charge in [-0.3, -0.25) is 4.90 Å². The van der Waals surface area contributed by atoms with Gasteiger partial charge in [0, 0.05) is 25.1 Å². The van der Waals surface area contributed by atoms with Gasteiger partial charge in [-0.1, -0.05) is 67.1 Å². The molecule has 3 atom stereocenters. The van der Waals surface area contributed by atoms with E-state index in [-0.39, 0.29) is 5.82 Å². The Hall–Kier alpha value is -2.31. The standard InChI is InChI=1S/C26H28FNO3/c27-23-14-5-4-12-21(23)25(24-15-18-30-31-24)26(29,28-16-6-1-7-17-28)22-13-8-10-19-9-2-3-11-20(19)22/h2-5,8-14,24-25,29H,1,6-7,15-18H2. The van der Waals surface area contributed by atoms with Crippen LogP contribution in [0.3, 0.4) is 0 Å². The summed E-state index contributed by atoms with van der Waals surface area (Å²) in [7, 11) is 0. The van der Waals surface area contributed by atoms with Gasteiger partial charge in [0.25, 0.3) is 0 Å². The van der Waals surface area contributed by atoms with E-state index in [0.29, 0.717) is 18.6 Å². The summed E-state index contributed by atoms with van der Waals surface area (Å²) in [4.78, 5) is 13.0. The summed E-state index contributed by atoms with van der Waals surface area (Å²) >= 11 is 0. The van der Waals surface area contributed by atoms with Gasteiger partial charge >= 0.3 is 0 Å². The highest BCUT2D eigenvalue weighted by atomic mass is 19.1. The zero-order valence-corrected chi connectivity index (χ0v) is 17.5. The molecule has 2 fully saturated rings. The summed E-state index contributed by atoms with van der Waals surface area (Å²) in [5, 5.41) is 14.7. The van der Waals surface area contributed by atoms with E-state index >= 15 is 4.39 Å². The van der Waals surface area contributed by atoms with Crippen LogP contribution in [0.1, 0.15) is 42.7 Å². The highest BCUT2D eigenvalue weighted by Gasteiger charge is 2.51. The molecule has 0 bridgehead atoms. The molecule has 4 nitrogen and oxygen atoms in total. The lowest BCUT2D eigenvalue weighted by Crippen LogP contribution is -2.55. The molecule has 0 spiro atoms. The summed E-state index contributed by atoms with van der Waals surface area (Å²) in [5.74, 6) is -0.973.